The fraction of sp³-hybridized carbons (Fsp3) is 0.444. The van der Waals surface area contributed by atoms with Crippen molar-refractivity contribution in [3.63, 3.8) is 0 Å². The van der Waals surface area contributed by atoms with E-state index in [0.29, 0.717) is 0 Å². The van der Waals surface area contributed by atoms with Gasteiger partial charge in [-0.05, 0) is 24.5 Å². The van der Waals surface area contributed by atoms with Gasteiger partial charge in [-0.25, -0.2) is 0 Å². The highest BCUT2D eigenvalue weighted by Gasteiger charge is 2.23. The van der Waals surface area contributed by atoms with Crippen LogP contribution in [0.25, 0.3) is 0 Å². The molecule has 0 saturated carbocycles. The standard InChI is InChI=1S/C9H11NO/c1-10-5-4-8-7(6-11)2-3-9(8)10/h4-7H,2-3H2,1H3. The molecule has 2 nitrogen and oxygen atoms in total. The molecule has 11 heavy (non-hydrogen) atoms. The Morgan fingerprint density at radius 3 is 3.27 bits per heavy atom. The van der Waals surface area contributed by atoms with E-state index in [1.165, 1.54) is 11.3 Å². The molecule has 0 aliphatic heterocycles. The molecule has 0 bridgehead atoms. The third kappa shape index (κ3) is 0.821. The van der Waals surface area contributed by atoms with Gasteiger partial charge in [0.25, 0.3) is 0 Å². The largest absolute Gasteiger partial charge is 0.354 e. The summed E-state index contributed by atoms with van der Waals surface area (Å²) in [6.07, 6.45) is 5.15. The number of carbonyl (C=O) groups is 1. The molecule has 1 aliphatic rings. The molecule has 1 aromatic heterocycles. The van der Waals surface area contributed by atoms with Gasteiger partial charge in [-0.3, -0.25) is 0 Å². The average molecular weight is 149 g/mol. The van der Waals surface area contributed by atoms with Crippen LogP contribution < -0.4 is 0 Å². The number of aldehydes is 1. The predicted octanol–water partition coefficient (Wildman–Crippen LogP) is 1.25. The van der Waals surface area contributed by atoms with Gasteiger partial charge in [-0.1, -0.05) is 0 Å². The molecule has 1 heterocycles. The first-order chi connectivity index (χ1) is 5.33. The van der Waals surface area contributed by atoms with Gasteiger partial charge in [0.15, 0.2) is 0 Å². The molecule has 0 saturated heterocycles. The highest BCUT2D eigenvalue weighted by molar-refractivity contribution is 5.64. The SMILES string of the molecule is Cn1ccc2c1CCC2C=O. The molecule has 0 aromatic carbocycles. The predicted molar refractivity (Wildman–Crippen MR) is 42.5 cm³/mol. The van der Waals surface area contributed by atoms with Crippen molar-refractivity contribution in [1.82, 2.24) is 4.57 Å². The minimum atomic E-state index is 0.172. The van der Waals surface area contributed by atoms with E-state index >= 15 is 0 Å². The number of hydrogen-bond donors (Lipinski definition) is 0. The second-order valence-corrected chi connectivity index (χ2v) is 3.11. The van der Waals surface area contributed by atoms with Crippen LogP contribution >= 0.6 is 0 Å². The van der Waals surface area contributed by atoms with Crippen molar-refractivity contribution in [2.24, 2.45) is 7.05 Å². The third-order valence-electron chi connectivity index (χ3n) is 2.49. The molecule has 0 fully saturated rings. The Hall–Kier alpha value is -1.05. The Morgan fingerprint density at radius 2 is 2.55 bits per heavy atom. The van der Waals surface area contributed by atoms with Crippen molar-refractivity contribution in [1.29, 1.82) is 0 Å². The summed E-state index contributed by atoms with van der Waals surface area (Å²) in [4.78, 5) is 10.6. The Labute approximate surface area is 65.8 Å². The maximum Gasteiger partial charge on any atom is 0.127 e. The van der Waals surface area contributed by atoms with Gasteiger partial charge in [-0.15, -0.1) is 0 Å². The van der Waals surface area contributed by atoms with E-state index in [0.717, 1.165) is 19.1 Å². The molecule has 0 amide bonds. The van der Waals surface area contributed by atoms with E-state index in [1.54, 1.807) is 0 Å². The van der Waals surface area contributed by atoms with E-state index < -0.39 is 0 Å². The second-order valence-electron chi connectivity index (χ2n) is 3.11. The minimum absolute atomic E-state index is 0.172. The lowest BCUT2D eigenvalue weighted by atomic mass is 10.1. The van der Waals surface area contributed by atoms with Crippen LogP contribution in [0.15, 0.2) is 12.3 Å². The van der Waals surface area contributed by atoms with E-state index in [1.807, 2.05) is 13.2 Å². The van der Waals surface area contributed by atoms with Crippen LogP contribution in [0.3, 0.4) is 0 Å². The van der Waals surface area contributed by atoms with Crippen molar-refractivity contribution >= 4 is 6.29 Å². The van der Waals surface area contributed by atoms with E-state index in [9.17, 15) is 4.79 Å². The minimum Gasteiger partial charge on any atom is -0.354 e. The number of aromatic nitrogens is 1. The number of nitrogens with zero attached hydrogens (tertiary/aromatic N) is 1. The van der Waals surface area contributed by atoms with Crippen LogP contribution in [0.2, 0.25) is 0 Å². The molecule has 2 heteroatoms. The molecule has 58 valence electrons. The molecule has 1 atom stereocenters. The van der Waals surface area contributed by atoms with Crippen LogP contribution in [0.1, 0.15) is 23.6 Å². The van der Waals surface area contributed by atoms with Gasteiger partial charge >= 0.3 is 0 Å². The summed E-state index contributed by atoms with van der Waals surface area (Å²) in [6, 6.07) is 2.06. The number of aryl methyl sites for hydroxylation is 1. The lowest BCUT2D eigenvalue weighted by molar-refractivity contribution is -0.109. The summed E-state index contributed by atoms with van der Waals surface area (Å²) in [5, 5.41) is 0. The molecule has 0 radical (unpaired) electrons. The maximum atomic E-state index is 10.6. The zero-order chi connectivity index (χ0) is 7.84. The Bertz CT molecular complexity index is 288. The summed E-state index contributed by atoms with van der Waals surface area (Å²) >= 11 is 0. The van der Waals surface area contributed by atoms with Crippen LogP contribution in [0.4, 0.5) is 0 Å². The Kier molecular flexibility index (Phi) is 1.34. The highest BCUT2D eigenvalue weighted by atomic mass is 16.1. The molecule has 1 aliphatic carbocycles. The molecular formula is C9H11NO. The van der Waals surface area contributed by atoms with Crippen LogP contribution in [-0.2, 0) is 18.3 Å². The lowest BCUT2D eigenvalue weighted by Crippen LogP contribution is -1.91. The molecular weight excluding hydrogens is 138 g/mol. The monoisotopic (exact) mass is 149 g/mol. The first kappa shape index (κ1) is 6.65. The maximum absolute atomic E-state index is 10.6. The summed E-state index contributed by atoms with van der Waals surface area (Å²) in [7, 11) is 2.03. The lowest BCUT2D eigenvalue weighted by Gasteiger charge is -1.96. The number of rotatable bonds is 1. The quantitative estimate of drug-likeness (QED) is 0.551. The smallest absolute Gasteiger partial charge is 0.127 e. The van der Waals surface area contributed by atoms with Gasteiger partial charge < -0.3 is 9.36 Å². The molecule has 2 rings (SSSR count). The summed E-state index contributed by atoms with van der Waals surface area (Å²) in [5.41, 5.74) is 2.57. The van der Waals surface area contributed by atoms with Crippen LogP contribution in [0, 0.1) is 0 Å². The van der Waals surface area contributed by atoms with Crippen LogP contribution in [-0.4, -0.2) is 10.9 Å². The van der Waals surface area contributed by atoms with Gasteiger partial charge in [0.2, 0.25) is 0 Å². The van der Waals surface area contributed by atoms with Crippen LogP contribution in [0.5, 0.6) is 0 Å². The number of carbonyl (C=O) groups excluding carboxylic acids is 1. The highest BCUT2D eigenvalue weighted by Crippen LogP contribution is 2.31. The van der Waals surface area contributed by atoms with Crippen molar-refractivity contribution in [2.75, 3.05) is 0 Å². The Balaban J connectivity index is 2.47. The second kappa shape index (κ2) is 2.22. The fourth-order valence-electron chi connectivity index (χ4n) is 1.83. The van der Waals surface area contributed by atoms with Gasteiger partial charge in [0, 0.05) is 24.9 Å². The van der Waals surface area contributed by atoms with Crippen molar-refractivity contribution in [3.8, 4) is 0 Å². The van der Waals surface area contributed by atoms with Crippen molar-refractivity contribution < 1.29 is 4.79 Å². The zero-order valence-corrected chi connectivity index (χ0v) is 6.58. The normalized spacial score (nSPS) is 21.7. The van der Waals surface area contributed by atoms with Gasteiger partial charge in [-0.2, -0.15) is 0 Å². The summed E-state index contributed by atoms with van der Waals surface area (Å²) in [6.45, 7) is 0. The first-order valence-corrected chi connectivity index (χ1v) is 3.92. The molecule has 1 unspecified atom stereocenters. The number of hydrogen-bond acceptors (Lipinski definition) is 1. The average Bonchev–Trinajstić information content (AvgIpc) is 2.53. The molecule has 0 spiro atoms. The molecule has 1 aromatic rings. The summed E-state index contributed by atoms with van der Waals surface area (Å²) in [5.74, 6) is 0.172. The molecule has 0 N–H and O–H groups in total. The zero-order valence-electron chi connectivity index (χ0n) is 6.58. The van der Waals surface area contributed by atoms with E-state index in [2.05, 4.69) is 10.6 Å². The topological polar surface area (TPSA) is 22.0 Å². The first-order valence-electron chi connectivity index (χ1n) is 3.92. The van der Waals surface area contributed by atoms with Gasteiger partial charge in [0.05, 0.1) is 0 Å². The Morgan fingerprint density at radius 1 is 1.73 bits per heavy atom. The number of fused-ring (bicyclic) bond motifs is 1. The summed E-state index contributed by atoms with van der Waals surface area (Å²) < 4.78 is 2.11. The fourth-order valence-corrected chi connectivity index (χ4v) is 1.83. The van der Waals surface area contributed by atoms with E-state index in [-0.39, 0.29) is 5.92 Å². The third-order valence-corrected chi connectivity index (χ3v) is 2.49. The van der Waals surface area contributed by atoms with E-state index in [4.69, 9.17) is 0 Å². The van der Waals surface area contributed by atoms with Crippen molar-refractivity contribution in [3.05, 3.63) is 23.5 Å². The van der Waals surface area contributed by atoms with Crippen molar-refractivity contribution in [2.45, 2.75) is 18.8 Å². The van der Waals surface area contributed by atoms with Gasteiger partial charge in [0.1, 0.15) is 6.29 Å².